The lowest BCUT2D eigenvalue weighted by molar-refractivity contribution is 0.0954. The number of amides is 1. The molecular formula is C24H32N2O4. The van der Waals surface area contributed by atoms with Gasteiger partial charge in [0.1, 0.15) is 0 Å². The van der Waals surface area contributed by atoms with Gasteiger partial charge in [0, 0.05) is 5.56 Å². The fourth-order valence-electron chi connectivity index (χ4n) is 2.82. The number of nitrogens with one attached hydrogen (secondary N) is 1. The van der Waals surface area contributed by atoms with Crippen molar-refractivity contribution in [2.24, 2.45) is 5.10 Å². The molecule has 2 aromatic rings. The van der Waals surface area contributed by atoms with Crippen molar-refractivity contribution in [3.05, 3.63) is 53.1 Å². The largest absolute Gasteiger partial charge is 0.490 e. The van der Waals surface area contributed by atoms with Crippen molar-refractivity contribution in [1.29, 1.82) is 0 Å². The zero-order chi connectivity index (χ0) is 22.1. The highest BCUT2D eigenvalue weighted by molar-refractivity contribution is 5.96. The van der Waals surface area contributed by atoms with E-state index in [0.29, 0.717) is 42.6 Å². The van der Waals surface area contributed by atoms with Gasteiger partial charge in [0.05, 0.1) is 26.0 Å². The molecule has 162 valence electrons. The third-order valence-electron chi connectivity index (χ3n) is 4.33. The van der Waals surface area contributed by atoms with Gasteiger partial charge >= 0.3 is 0 Å². The molecule has 2 rings (SSSR count). The maximum Gasteiger partial charge on any atom is 0.271 e. The summed E-state index contributed by atoms with van der Waals surface area (Å²) in [4.78, 5) is 12.6. The molecular weight excluding hydrogens is 380 g/mol. The van der Waals surface area contributed by atoms with Gasteiger partial charge in [-0.15, -0.1) is 0 Å². The van der Waals surface area contributed by atoms with E-state index in [-0.39, 0.29) is 11.3 Å². The van der Waals surface area contributed by atoms with Gasteiger partial charge in [-0.1, -0.05) is 45.0 Å². The fraction of sp³-hybridized carbons (Fsp3) is 0.417. The van der Waals surface area contributed by atoms with Crippen molar-refractivity contribution in [1.82, 2.24) is 5.43 Å². The summed E-state index contributed by atoms with van der Waals surface area (Å²) in [7, 11) is 0. The van der Waals surface area contributed by atoms with E-state index in [0.717, 1.165) is 5.56 Å². The molecule has 0 fully saturated rings. The summed E-state index contributed by atoms with van der Waals surface area (Å²) in [5.41, 5.74) is 5.18. The minimum absolute atomic E-state index is 0.0913. The monoisotopic (exact) mass is 412 g/mol. The van der Waals surface area contributed by atoms with E-state index in [1.54, 1.807) is 18.3 Å². The summed E-state index contributed by atoms with van der Waals surface area (Å²) in [6.07, 6.45) is 1.62. The maximum absolute atomic E-state index is 12.6. The van der Waals surface area contributed by atoms with Gasteiger partial charge in [0.25, 0.3) is 5.91 Å². The number of carbonyl (C=O) groups excluding carboxylic acids is 1. The minimum Gasteiger partial charge on any atom is -0.490 e. The zero-order valence-corrected chi connectivity index (χ0v) is 18.7. The lowest BCUT2D eigenvalue weighted by atomic mass is 9.87. The number of hydrogen-bond acceptors (Lipinski definition) is 5. The van der Waals surface area contributed by atoms with Gasteiger partial charge in [-0.2, -0.15) is 5.10 Å². The van der Waals surface area contributed by atoms with Gasteiger partial charge in [-0.05, 0) is 49.4 Å². The molecule has 0 atom stereocenters. The molecule has 6 nitrogen and oxygen atoms in total. The van der Waals surface area contributed by atoms with Crippen molar-refractivity contribution in [2.75, 3.05) is 19.8 Å². The summed E-state index contributed by atoms with van der Waals surface area (Å²) in [6.45, 7) is 13.5. The van der Waals surface area contributed by atoms with Crippen LogP contribution in [0.1, 0.15) is 63.0 Å². The lowest BCUT2D eigenvalue weighted by Crippen LogP contribution is -2.18. The van der Waals surface area contributed by atoms with E-state index in [4.69, 9.17) is 14.2 Å². The number of ether oxygens (including phenoxy) is 3. The summed E-state index contributed by atoms with van der Waals surface area (Å²) >= 11 is 0. The van der Waals surface area contributed by atoms with E-state index < -0.39 is 0 Å². The Morgan fingerprint density at radius 1 is 0.933 bits per heavy atom. The van der Waals surface area contributed by atoms with Gasteiger partial charge in [-0.3, -0.25) is 4.79 Å². The Labute approximate surface area is 179 Å². The van der Waals surface area contributed by atoms with Crippen molar-refractivity contribution in [3.63, 3.8) is 0 Å². The van der Waals surface area contributed by atoms with Gasteiger partial charge < -0.3 is 14.2 Å². The first-order valence-corrected chi connectivity index (χ1v) is 10.3. The van der Waals surface area contributed by atoms with Crippen LogP contribution in [-0.2, 0) is 5.41 Å². The Hall–Kier alpha value is -3.02. The van der Waals surface area contributed by atoms with Crippen LogP contribution in [0, 0.1) is 0 Å². The summed E-state index contributed by atoms with van der Waals surface area (Å²) in [6, 6.07) is 11.4. The van der Waals surface area contributed by atoms with Crippen LogP contribution in [0.5, 0.6) is 17.2 Å². The summed E-state index contributed by atoms with van der Waals surface area (Å²) in [5, 5.41) is 4.08. The molecule has 30 heavy (non-hydrogen) atoms. The third kappa shape index (κ3) is 6.24. The molecule has 0 aliphatic rings. The maximum atomic E-state index is 12.6. The van der Waals surface area contributed by atoms with Crippen LogP contribution < -0.4 is 19.6 Å². The van der Waals surface area contributed by atoms with E-state index in [2.05, 4.69) is 43.4 Å². The number of nitrogens with zero attached hydrogens (tertiary/aromatic N) is 1. The molecule has 0 unspecified atom stereocenters. The zero-order valence-electron chi connectivity index (χ0n) is 18.7. The van der Waals surface area contributed by atoms with Gasteiger partial charge in [0.2, 0.25) is 5.75 Å². The highest BCUT2D eigenvalue weighted by Gasteiger charge is 2.18. The number of benzene rings is 2. The average Bonchev–Trinajstić information content (AvgIpc) is 2.70. The van der Waals surface area contributed by atoms with Crippen molar-refractivity contribution in [2.45, 2.75) is 47.0 Å². The number of hydrazone groups is 1. The predicted molar refractivity (Wildman–Crippen MR) is 120 cm³/mol. The van der Waals surface area contributed by atoms with Crippen molar-refractivity contribution >= 4 is 12.1 Å². The Kier molecular flexibility index (Phi) is 8.27. The molecule has 2 aromatic carbocycles. The van der Waals surface area contributed by atoms with Crippen molar-refractivity contribution < 1.29 is 19.0 Å². The fourth-order valence-corrected chi connectivity index (χ4v) is 2.82. The second-order valence-electron chi connectivity index (χ2n) is 7.67. The number of hydrogen-bond donors (Lipinski definition) is 1. The molecule has 0 radical (unpaired) electrons. The lowest BCUT2D eigenvalue weighted by Gasteiger charge is -2.18. The first kappa shape index (κ1) is 23.3. The smallest absolute Gasteiger partial charge is 0.271 e. The van der Waals surface area contributed by atoms with E-state index in [1.165, 1.54) is 5.56 Å². The van der Waals surface area contributed by atoms with Crippen LogP contribution in [-0.4, -0.2) is 31.9 Å². The van der Waals surface area contributed by atoms with Crippen LogP contribution in [0.2, 0.25) is 0 Å². The molecule has 6 heteroatoms. The second-order valence-corrected chi connectivity index (χ2v) is 7.67. The normalized spacial score (nSPS) is 11.4. The molecule has 1 N–H and O–H groups in total. The molecule has 0 aromatic heterocycles. The predicted octanol–water partition coefficient (Wildman–Crippen LogP) is 4.94. The molecule has 0 saturated heterocycles. The van der Waals surface area contributed by atoms with Crippen LogP contribution in [0.15, 0.2) is 41.5 Å². The molecule has 0 aliphatic heterocycles. The molecule has 0 bridgehead atoms. The number of carbonyl (C=O) groups is 1. The summed E-state index contributed by atoms with van der Waals surface area (Å²) < 4.78 is 17.0. The molecule has 0 heterocycles. The second kappa shape index (κ2) is 10.7. The summed E-state index contributed by atoms with van der Waals surface area (Å²) in [5.74, 6) is 1.08. The first-order valence-electron chi connectivity index (χ1n) is 10.3. The van der Waals surface area contributed by atoms with Gasteiger partial charge in [-0.25, -0.2) is 5.43 Å². The Bertz CT molecular complexity index is 841. The molecule has 0 spiro atoms. The standard InChI is InChI=1S/C24H32N2O4/c1-7-28-20-14-18(15-21(29-8-2)22(20)30-9-3)23(27)26-25-16-17-10-12-19(13-11-17)24(4,5)6/h10-16H,7-9H2,1-6H3,(H,26,27). The SMILES string of the molecule is CCOc1cc(C(=O)NN=Cc2ccc(C(C)(C)C)cc2)cc(OCC)c1OCC. The average molecular weight is 413 g/mol. The van der Waals surface area contributed by atoms with E-state index in [1.807, 2.05) is 32.9 Å². The van der Waals surface area contributed by atoms with E-state index in [9.17, 15) is 4.79 Å². The molecule has 0 aliphatic carbocycles. The Morgan fingerprint density at radius 2 is 1.47 bits per heavy atom. The topological polar surface area (TPSA) is 69.2 Å². The first-order chi connectivity index (χ1) is 14.3. The van der Waals surface area contributed by atoms with Crippen LogP contribution in [0.4, 0.5) is 0 Å². The minimum atomic E-state index is -0.359. The highest BCUT2D eigenvalue weighted by Crippen LogP contribution is 2.39. The third-order valence-corrected chi connectivity index (χ3v) is 4.33. The van der Waals surface area contributed by atoms with Crippen LogP contribution >= 0.6 is 0 Å². The van der Waals surface area contributed by atoms with E-state index >= 15 is 0 Å². The highest BCUT2D eigenvalue weighted by atomic mass is 16.5. The van der Waals surface area contributed by atoms with Crippen LogP contribution in [0.3, 0.4) is 0 Å². The van der Waals surface area contributed by atoms with Gasteiger partial charge in [0.15, 0.2) is 11.5 Å². The quantitative estimate of drug-likeness (QED) is 0.468. The number of rotatable bonds is 9. The van der Waals surface area contributed by atoms with Crippen molar-refractivity contribution in [3.8, 4) is 17.2 Å². The van der Waals surface area contributed by atoms with Crippen LogP contribution in [0.25, 0.3) is 0 Å². The Balaban J connectivity index is 2.18. The molecule has 0 saturated carbocycles. The molecule has 1 amide bonds. The Morgan fingerprint density at radius 3 is 1.93 bits per heavy atom.